The molecule has 7 nitrogen and oxygen atoms in total. The number of hydrogen-bond acceptors (Lipinski definition) is 4. The van der Waals surface area contributed by atoms with Gasteiger partial charge in [0, 0.05) is 25.6 Å². The number of methoxy groups -OCH3 is 1. The summed E-state index contributed by atoms with van der Waals surface area (Å²) < 4.78 is 5.30. The second-order valence-electron chi connectivity index (χ2n) is 7.74. The summed E-state index contributed by atoms with van der Waals surface area (Å²) in [4.78, 5) is 19.1. The molecule has 1 heterocycles. The number of rotatable bonds is 10. The van der Waals surface area contributed by atoms with E-state index in [-0.39, 0.29) is 17.9 Å². The number of benzene rings is 1. The van der Waals surface area contributed by atoms with Crippen molar-refractivity contribution in [3.63, 3.8) is 0 Å². The highest BCUT2D eigenvalue weighted by atomic mass is 16.5. The SMILES string of the molecule is CCNC(=NCC(c1ccc(OC)cc1)N1CCCC1)NCCNC(=O)C1CC1. The lowest BCUT2D eigenvalue weighted by molar-refractivity contribution is -0.122. The topological polar surface area (TPSA) is 78.0 Å². The Labute approximate surface area is 174 Å². The number of hydrogen-bond donors (Lipinski definition) is 3. The van der Waals surface area contributed by atoms with Gasteiger partial charge in [0.25, 0.3) is 0 Å². The summed E-state index contributed by atoms with van der Waals surface area (Å²) in [6, 6.07) is 8.59. The van der Waals surface area contributed by atoms with Crippen LogP contribution in [-0.2, 0) is 4.79 Å². The number of carbonyl (C=O) groups excluding carboxylic acids is 1. The number of amides is 1. The van der Waals surface area contributed by atoms with Gasteiger partial charge in [0.1, 0.15) is 5.75 Å². The van der Waals surface area contributed by atoms with Crippen molar-refractivity contribution >= 4 is 11.9 Å². The van der Waals surface area contributed by atoms with E-state index in [9.17, 15) is 4.79 Å². The van der Waals surface area contributed by atoms with Crippen LogP contribution in [0.5, 0.6) is 5.75 Å². The highest BCUT2D eigenvalue weighted by Crippen LogP contribution is 2.28. The maximum Gasteiger partial charge on any atom is 0.223 e. The fourth-order valence-corrected chi connectivity index (χ4v) is 3.69. The monoisotopic (exact) mass is 401 g/mol. The molecule has 1 unspecified atom stereocenters. The summed E-state index contributed by atoms with van der Waals surface area (Å²) in [7, 11) is 1.69. The molecule has 1 atom stereocenters. The van der Waals surface area contributed by atoms with Crippen LogP contribution in [-0.4, -0.2) is 63.1 Å². The van der Waals surface area contributed by atoms with Gasteiger partial charge >= 0.3 is 0 Å². The van der Waals surface area contributed by atoms with Crippen molar-refractivity contribution in [3.05, 3.63) is 29.8 Å². The molecule has 2 fully saturated rings. The molecule has 1 aliphatic heterocycles. The molecule has 1 aliphatic carbocycles. The third kappa shape index (κ3) is 6.63. The highest BCUT2D eigenvalue weighted by Gasteiger charge is 2.29. The summed E-state index contributed by atoms with van der Waals surface area (Å²) in [5.74, 6) is 2.11. The lowest BCUT2D eigenvalue weighted by atomic mass is 10.1. The summed E-state index contributed by atoms with van der Waals surface area (Å²) >= 11 is 0. The van der Waals surface area contributed by atoms with E-state index >= 15 is 0 Å². The van der Waals surface area contributed by atoms with Gasteiger partial charge in [0.15, 0.2) is 5.96 Å². The molecule has 0 bridgehead atoms. The molecule has 1 aromatic carbocycles. The Bertz CT molecular complexity index is 666. The second kappa shape index (κ2) is 11.0. The molecule has 160 valence electrons. The first-order valence-corrected chi connectivity index (χ1v) is 10.9. The molecule has 3 N–H and O–H groups in total. The van der Waals surface area contributed by atoms with E-state index in [4.69, 9.17) is 9.73 Å². The van der Waals surface area contributed by atoms with Gasteiger partial charge in [-0.05, 0) is 63.4 Å². The predicted molar refractivity (Wildman–Crippen MR) is 116 cm³/mol. The minimum atomic E-state index is 0.183. The molecule has 0 spiro atoms. The maximum atomic E-state index is 11.7. The normalized spacial score (nSPS) is 18.3. The molecule has 29 heavy (non-hydrogen) atoms. The van der Waals surface area contributed by atoms with Crippen molar-refractivity contribution in [2.24, 2.45) is 10.9 Å². The lowest BCUT2D eigenvalue weighted by Gasteiger charge is -2.27. The van der Waals surface area contributed by atoms with Gasteiger partial charge in [0.05, 0.1) is 19.7 Å². The number of nitrogens with zero attached hydrogens (tertiary/aromatic N) is 2. The van der Waals surface area contributed by atoms with Crippen molar-refractivity contribution in [2.45, 2.75) is 38.6 Å². The minimum absolute atomic E-state index is 0.183. The first-order chi connectivity index (χ1) is 14.2. The van der Waals surface area contributed by atoms with Gasteiger partial charge in [-0.2, -0.15) is 0 Å². The molecule has 7 heteroatoms. The standard InChI is InChI=1S/C22H35N5O2/c1-3-23-22(25-13-12-24-21(28)18-6-7-18)26-16-20(27-14-4-5-15-27)17-8-10-19(29-2)11-9-17/h8-11,18,20H,3-7,12-16H2,1-2H3,(H,24,28)(H2,23,25,26). The van der Waals surface area contributed by atoms with Crippen LogP contribution < -0.4 is 20.7 Å². The third-order valence-corrected chi connectivity index (χ3v) is 5.51. The Kier molecular flexibility index (Phi) is 8.16. The molecule has 1 saturated heterocycles. The number of guanidine groups is 1. The first kappa shape index (κ1) is 21.4. The van der Waals surface area contributed by atoms with Crippen molar-refractivity contribution in [2.75, 3.05) is 46.4 Å². The van der Waals surface area contributed by atoms with Crippen LogP contribution in [0.25, 0.3) is 0 Å². The van der Waals surface area contributed by atoms with Crippen molar-refractivity contribution < 1.29 is 9.53 Å². The predicted octanol–water partition coefficient (Wildman–Crippen LogP) is 1.91. The zero-order chi connectivity index (χ0) is 20.5. The molecule has 3 rings (SSSR count). The maximum absolute atomic E-state index is 11.7. The Morgan fingerprint density at radius 1 is 1.14 bits per heavy atom. The Hall–Kier alpha value is -2.28. The van der Waals surface area contributed by atoms with Gasteiger partial charge in [-0.15, -0.1) is 0 Å². The average molecular weight is 402 g/mol. The van der Waals surface area contributed by atoms with Crippen LogP contribution in [0.2, 0.25) is 0 Å². The summed E-state index contributed by atoms with van der Waals surface area (Å²) in [5.41, 5.74) is 1.27. The third-order valence-electron chi connectivity index (χ3n) is 5.51. The minimum Gasteiger partial charge on any atom is -0.497 e. The van der Waals surface area contributed by atoms with E-state index in [0.717, 1.165) is 44.2 Å². The highest BCUT2D eigenvalue weighted by molar-refractivity contribution is 5.81. The molecule has 1 amide bonds. The molecule has 0 aromatic heterocycles. The quantitative estimate of drug-likeness (QED) is 0.317. The Balaban J connectivity index is 1.58. The van der Waals surface area contributed by atoms with Crippen LogP contribution in [0.4, 0.5) is 0 Å². The van der Waals surface area contributed by atoms with E-state index in [0.29, 0.717) is 19.6 Å². The molecule has 1 aromatic rings. The lowest BCUT2D eigenvalue weighted by Crippen LogP contribution is -2.42. The second-order valence-corrected chi connectivity index (χ2v) is 7.74. The van der Waals surface area contributed by atoms with E-state index in [2.05, 4.69) is 39.9 Å². The van der Waals surface area contributed by atoms with E-state index < -0.39 is 0 Å². The molecule has 0 radical (unpaired) electrons. The fourth-order valence-electron chi connectivity index (χ4n) is 3.69. The summed E-state index contributed by atoms with van der Waals surface area (Å²) in [5, 5.41) is 9.63. The average Bonchev–Trinajstić information content (AvgIpc) is 3.47. The van der Waals surface area contributed by atoms with Crippen molar-refractivity contribution in [1.82, 2.24) is 20.9 Å². The number of aliphatic imine (C=N–C) groups is 1. The number of carbonyl (C=O) groups is 1. The number of likely N-dealkylation sites (tertiary alicyclic amines) is 1. The van der Waals surface area contributed by atoms with Gasteiger partial charge in [0.2, 0.25) is 5.91 Å². The van der Waals surface area contributed by atoms with Gasteiger partial charge < -0.3 is 20.7 Å². The summed E-state index contributed by atoms with van der Waals surface area (Å²) in [6.07, 6.45) is 4.56. The van der Waals surface area contributed by atoms with Crippen molar-refractivity contribution in [1.29, 1.82) is 0 Å². The van der Waals surface area contributed by atoms with Crippen LogP contribution in [0.15, 0.2) is 29.3 Å². The van der Waals surface area contributed by atoms with E-state index in [1.54, 1.807) is 7.11 Å². The molecular formula is C22H35N5O2. The first-order valence-electron chi connectivity index (χ1n) is 10.9. The molecule has 2 aliphatic rings. The van der Waals surface area contributed by atoms with Crippen LogP contribution in [0, 0.1) is 5.92 Å². The Morgan fingerprint density at radius 3 is 2.45 bits per heavy atom. The number of ether oxygens (including phenoxy) is 1. The zero-order valence-electron chi connectivity index (χ0n) is 17.7. The molecule has 1 saturated carbocycles. The van der Waals surface area contributed by atoms with Gasteiger partial charge in [-0.25, -0.2) is 0 Å². The summed E-state index contributed by atoms with van der Waals surface area (Å²) in [6.45, 7) is 7.07. The Morgan fingerprint density at radius 2 is 1.83 bits per heavy atom. The van der Waals surface area contributed by atoms with E-state index in [1.165, 1.54) is 18.4 Å². The smallest absolute Gasteiger partial charge is 0.223 e. The van der Waals surface area contributed by atoms with Gasteiger partial charge in [-0.3, -0.25) is 14.7 Å². The fraction of sp³-hybridized carbons (Fsp3) is 0.636. The number of nitrogens with one attached hydrogen (secondary N) is 3. The molecular weight excluding hydrogens is 366 g/mol. The van der Waals surface area contributed by atoms with Crippen LogP contribution in [0.1, 0.15) is 44.2 Å². The van der Waals surface area contributed by atoms with E-state index in [1.807, 2.05) is 12.1 Å². The largest absolute Gasteiger partial charge is 0.497 e. The zero-order valence-corrected chi connectivity index (χ0v) is 17.7. The van der Waals surface area contributed by atoms with Crippen molar-refractivity contribution in [3.8, 4) is 5.75 Å². The van der Waals surface area contributed by atoms with Gasteiger partial charge in [-0.1, -0.05) is 12.1 Å². The van der Waals surface area contributed by atoms with Crippen LogP contribution >= 0.6 is 0 Å². The van der Waals surface area contributed by atoms with Crippen LogP contribution in [0.3, 0.4) is 0 Å².